The first-order chi connectivity index (χ1) is 14.5. The summed E-state index contributed by atoms with van der Waals surface area (Å²) in [5.41, 5.74) is 1.30. The van der Waals surface area contributed by atoms with Crippen molar-refractivity contribution in [2.45, 2.75) is 32.2 Å². The molecule has 7 nitrogen and oxygen atoms in total. The highest BCUT2D eigenvalue weighted by molar-refractivity contribution is 7.15. The molecule has 0 bridgehead atoms. The highest BCUT2D eigenvalue weighted by atomic mass is 32.1. The van der Waals surface area contributed by atoms with E-state index in [9.17, 15) is 9.59 Å². The predicted molar refractivity (Wildman–Crippen MR) is 117 cm³/mol. The molecule has 1 aromatic heterocycles. The number of methoxy groups -OCH3 is 1. The van der Waals surface area contributed by atoms with Gasteiger partial charge in [0.05, 0.1) is 19.6 Å². The van der Waals surface area contributed by atoms with E-state index in [1.54, 1.807) is 31.4 Å². The summed E-state index contributed by atoms with van der Waals surface area (Å²) >= 11 is 1.35. The molecule has 2 amide bonds. The molecule has 0 radical (unpaired) electrons. The number of nitrogens with zero attached hydrogens (tertiary/aromatic N) is 2. The standard InChI is InChI=1S/C22H24N4O3S/c1-14(2)21-25-26-22(30-21)24-19(27)13-18(16-10-7-11-17(12-16)29-3)23-20(28)15-8-5-4-6-9-15/h4-12,14,18H,13H2,1-3H3,(H,23,28)(H,24,26,27)/t18-/m0/s1. The van der Waals surface area contributed by atoms with Gasteiger partial charge in [-0.25, -0.2) is 0 Å². The number of hydrogen-bond acceptors (Lipinski definition) is 6. The fourth-order valence-corrected chi connectivity index (χ4v) is 3.58. The molecular formula is C22H24N4O3S. The summed E-state index contributed by atoms with van der Waals surface area (Å²) in [4.78, 5) is 25.4. The highest BCUT2D eigenvalue weighted by Crippen LogP contribution is 2.25. The normalized spacial score (nSPS) is 11.7. The molecule has 0 aliphatic rings. The number of ether oxygens (including phenoxy) is 1. The molecule has 1 atom stereocenters. The van der Waals surface area contributed by atoms with Crippen molar-refractivity contribution in [2.75, 3.05) is 12.4 Å². The average Bonchev–Trinajstić information content (AvgIpc) is 3.22. The van der Waals surface area contributed by atoms with E-state index in [2.05, 4.69) is 20.8 Å². The number of hydrogen-bond donors (Lipinski definition) is 2. The molecule has 0 unspecified atom stereocenters. The molecular weight excluding hydrogens is 400 g/mol. The summed E-state index contributed by atoms with van der Waals surface area (Å²) in [6.07, 6.45) is 0.0440. The number of rotatable bonds is 8. The third-order valence-corrected chi connectivity index (χ3v) is 5.55. The smallest absolute Gasteiger partial charge is 0.251 e. The van der Waals surface area contributed by atoms with Crippen LogP contribution in [0, 0.1) is 0 Å². The third-order valence-electron chi connectivity index (χ3n) is 4.41. The molecule has 156 valence electrons. The maximum atomic E-state index is 12.7. The Kier molecular flexibility index (Phi) is 7.13. The Morgan fingerprint density at radius 1 is 1.07 bits per heavy atom. The van der Waals surface area contributed by atoms with E-state index in [0.29, 0.717) is 16.4 Å². The predicted octanol–water partition coefficient (Wildman–Crippen LogP) is 4.17. The van der Waals surface area contributed by atoms with Crippen molar-refractivity contribution >= 4 is 28.3 Å². The van der Waals surface area contributed by atoms with E-state index in [4.69, 9.17) is 4.74 Å². The molecule has 0 saturated carbocycles. The van der Waals surface area contributed by atoms with Crippen LogP contribution in [0.25, 0.3) is 0 Å². The zero-order chi connectivity index (χ0) is 21.5. The van der Waals surface area contributed by atoms with Crippen LogP contribution in [0.5, 0.6) is 5.75 Å². The molecule has 0 fully saturated rings. The van der Waals surface area contributed by atoms with Gasteiger partial charge in [0.15, 0.2) is 0 Å². The van der Waals surface area contributed by atoms with Crippen molar-refractivity contribution in [1.82, 2.24) is 15.5 Å². The summed E-state index contributed by atoms with van der Waals surface area (Å²) in [6.45, 7) is 4.04. The van der Waals surface area contributed by atoms with Gasteiger partial charge in [0.1, 0.15) is 10.8 Å². The Labute approximate surface area is 179 Å². The Bertz CT molecular complexity index is 1000. The van der Waals surface area contributed by atoms with Gasteiger partial charge in [0.25, 0.3) is 5.91 Å². The van der Waals surface area contributed by atoms with Crippen LogP contribution in [0.4, 0.5) is 5.13 Å². The second-order valence-electron chi connectivity index (χ2n) is 7.02. The maximum absolute atomic E-state index is 12.7. The average molecular weight is 425 g/mol. The van der Waals surface area contributed by atoms with Gasteiger partial charge < -0.3 is 15.4 Å². The third kappa shape index (κ3) is 5.64. The zero-order valence-corrected chi connectivity index (χ0v) is 17.9. The van der Waals surface area contributed by atoms with Gasteiger partial charge in [0, 0.05) is 11.5 Å². The molecule has 8 heteroatoms. The van der Waals surface area contributed by atoms with Gasteiger partial charge in [-0.2, -0.15) is 0 Å². The summed E-state index contributed by atoms with van der Waals surface area (Å²) in [7, 11) is 1.57. The van der Waals surface area contributed by atoms with Crippen LogP contribution in [0.2, 0.25) is 0 Å². The lowest BCUT2D eigenvalue weighted by Crippen LogP contribution is -2.31. The monoisotopic (exact) mass is 424 g/mol. The van der Waals surface area contributed by atoms with Crippen LogP contribution in [-0.4, -0.2) is 29.1 Å². The lowest BCUT2D eigenvalue weighted by Gasteiger charge is -2.19. The van der Waals surface area contributed by atoms with Gasteiger partial charge in [-0.1, -0.05) is 55.5 Å². The van der Waals surface area contributed by atoms with Crippen LogP contribution in [-0.2, 0) is 4.79 Å². The van der Waals surface area contributed by atoms with Crippen LogP contribution in [0.15, 0.2) is 54.6 Å². The summed E-state index contributed by atoms with van der Waals surface area (Å²) < 4.78 is 5.29. The summed E-state index contributed by atoms with van der Waals surface area (Å²) in [5.74, 6) is 0.372. The summed E-state index contributed by atoms with van der Waals surface area (Å²) in [5, 5.41) is 15.1. The number of anilines is 1. The minimum Gasteiger partial charge on any atom is -0.497 e. The molecule has 2 N–H and O–H groups in total. The first-order valence-electron chi connectivity index (χ1n) is 9.59. The number of nitrogens with one attached hydrogen (secondary N) is 2. The molecule has 3 aromatic rings. The fraction of sp³-hybridized carbons (Fsp3) is 0.273. The SMILES string of the molecule is COc1cccc([C@H](CC(=O)Nc2nnc(C(C)C)s2)NC(=O)c2ccccc2)c1. The van der Waals surface area contributed by atoms with E-state index in [1.807, 2.05) is 44.2 Å². The second kappa shape index (κ2) is 9.98. The molecule has 0 aliphatic carbocycles. The van der Waals surface area contributed by atoms with Crippen molar-refractivity contribution in [3.8, 4) is 5.75 Å². The number of carbonyl (C=O) groups is 2. The summed E-state index contributed by atoms with van der Waals surface area (Å²) in [6, 6.07) is 15.7. The Balaban J connectivity index is 1.77. The van der Waals surface area contributed by atoms with Crippen molar-refractivity contribution in [2.24, 2.45) is 0 Å². The first-order valence-corrected chi connectivity index (χ1v) is 10.4. The van der Waals surface area contributed by atoms with Crippen LogP contribution >= 0.6 is 11.3 Å². The van der Waals surface area contributed by atoms with Crippen molar-refractivity contribution in [3.63, 3.8) is 0 Å². The van der Waals surface area contributed by atoms with Gasteiger partial charge in [-0.15, -0.1) is 10.2 Å². The Morgan fingerprint density at radius 3 is 2.50 bits per heavy atom. The van der Waals surface area contributed by atoms with Gasteiger partial charge >= 0.3 is 0 Å². The van der Waals surface area contributed by atoms with Crippen LogP contribution in [0.3, 0.4) is 0 Å². The van der Waals surface area contributed by atoms with E-state index in [1.165, 1.54) is 11.3 Å². The molecule has 1 heterocycles. The van der Waals surface area contributed by atoms with Crippen molar-refractivity contribution < 1.29 is 14.3 Å². The number of carbonyl (C=O) groups excluding carboxylic acids is 2. The molecule has 0 aliphatic heterocycles. The molecule has 3 rings (SSSR count). The van der Waals surface area contributed by atoms with Crippen molar-refractivity contribution in [3.05, 3.63) is 70.7 Å². The van der Waals surface area contributed by atoms with E-state index < -0.39 is 6.04 Å². The maximum Gasteiger partial charge on any atom is 0.251 e. The first kappa shape index (κ1) is 21.4. The van der Waals surface area contributed by atoms with Gasteiger partial charge in [-0.3, -0.25) is 9.59 Å². The quantitative estimate of drug-likeness (QED) is 0.566. The van der Waals surface area contributed by atoms with E-state index >= 15 is 0 Å². The van der Waals surface area contributed by atoms with E-state index in [-0.39, 0.29) is 24.2 Å². The zero-order valence-electron chi connectivity index (χ0n) is 17.1. The number of benzene rings is 2. The minimum atomic E-state index is -0.537. The Hall–Kier alpha value is -3.26. The van der Waals surface area contributed by atoms with E-state index in [0.717, 1.165) is 10.6 Å². The van der Waals surface area contributed by atoms with Gasteiger partial charge in [0.2, 0.25) is 11.0 Å². The minimum absolute atomic E-state index is 0.0440. The Morgan fingerprint density at radius 2 is 1.83 bits per heavy atom. The largest absolute Gasteiger partial charge is 0.497 e. The number of aromatic nitrogens is 2. The molecule has 30 heavy (non-hydrogen) atoms. The number of amides is 2. The molecule has 0 saturated heterocycles. The lowest BCUT2D eigenvalue weighted by atomic mass is 10.0. The second-order valence-corrected chi connectivity index (χ2v) is 8.03. The topological polar surface area (TPSA) is 93.2 Å². The lowest BCUT2D eigenvalue weighted by molar-refractivity contribution is -0.116. The molecule has 0 spiro atoms. The van der Waals surface area contributed by atoms with Crippen molar-refractivity contribution in [1.29, 1.82) is 0 Å². The van der Waals surface area contributed by atoms with Gasteiger partial charge in [-0.05, 0) is 29.8 Å². The molecule has 2 aromatic carbocycles. The fourth-order valence-electron chi connectivity index (χ4n) is 2.82. The highest BCUT2D eigenvalue weighted by Gasteiger charge is 2.21. The van der Waals surface area contributed by atoms with Crippen LogP contribution < -0.4 is 15.4 Å². The van der Waals surface area contributed by atoms with Crippen LogP contribution in [0.1, 0.15) is 53.2 Å².